The molecule has 1 heterocycles. The van der Waals surface area contributed by atoms with E-state index in [-0.39, 0.29) is 5.69 Å². The van der Waals surface area contributed by atoms with Gasteiger partial charge >= 0.3 is 11.7 Å². The molecule has 0 radical (unpaired) electrons. The Balaban J connectivity index is 1.32. The molecule has 8 heteroatoms. The minimum absolute atomic E-state index is 0.112. The number of aryl methyl sites for hydroxylation is 2. The van der Waals surface area contributed by atoms with Gasteiger partial charge in [0.1, 0.15) is 23.9 Å². The molecule has 0 saturated heterocycles. The molecule has 0 spiro atoms. The SMILES string of the molecule is CCn1c(CCCc2ccc(OC(C)(C)C(=O)O)cc2)nn(Cc2ccc(OCc3ccccc3)cc2)c1=O. The van der Waals surface area contributed by atoms with Crippen molar-refractivity contribution in [3.63, 3.8) is 0 Å². The van der Waals surface area contributed by atoms with E-state index < -0.39 is 11.6 Å². The number of aliphatic carboxylic acids is 1. The first kappa shape index (κ1) is 27.7. The Morgan fingerprint density at radius 1 is 0.872 bits per heavy atom. The highest BCUT2D eigenvalue weighted by Gasteiger charge is 2.29. The molecule has 3 aromatic carbocycles. The Bertz CT molecular complexity index is 1420. The van der Waals surface area contributed by atoms with Gasteiger partial charge in [-0.25, -0.2) is 14.3 Å². The van der Waals surface area contributed by atoms with Crippen LogP contribution in [0.5, 0.6) is 11.5 Å². The van der Waals surface area contributed by atoms with Gasteiger partial charge in [-0.1, -0.05) is 54.6 Å². The molecule has 0 saturated carbocycles. The highest BCUT2D eigenvalue weighted by atomic mass is 16.5. The third kappa shape index (κ3) is 7.37. The second-order valence-corrected chi connectivity index (χ2v) is 9.93. The molecular weight excluding hydrogens is 494 g/mol. The van der Waals surface area contributed by atoms with E-state index in [1.54, 1.807) is 16.7 Å². The summed E-state index contributed by atoms with van der Waals surface area (Å²) < 4.78 is 14.7. The standard InChI is InChI=1S/C31H35N3O5/c1-4-33-28(12-8-11-23-13-19-27(20-14-23)39-31(2,3)29(35)36)32-34(30(33)37)21-24-15-17-26(18-16-24)38-22-25-9-6-5-7-10-25/h5-7,9-10,13-20H,4,8,11-12,21-22H2,1-3H3,(H,35,36). The predicted molar refractivity (Wildman–Crippen MR) is 149 cm³/mol. The van der Waals surface area contributed by atoms with Gasteiger partial charge in [-0.3, -0.25) is 4.57 Å². The largest absolute Gasteiger partial charge is 0.489 e. The number of ether oxygens (including phenoxy) is 2. The van der Waals surface area contributed by atoms with E-state index in [2.05, 4.69) is 5.10 Å². The van der Waals surface area contributed by atoms with E-state index in [1.807, 2.05) is 73.7 Å². The van der Waals surface area contributed by atoms with Gasteiger partial charge in [-0.15, -0.1) is 0 Å². The fourth-order valence-electron chi connectivity index (χ4n) is 4.21. The Kier molecular flexibility index (Phi) is 8.86. The number of aromatic nitrogens is 3. The smallest absolute Gasteiger partial charge is 0.347 e. The zero-order chi connectivity index (χ0) is 27.8. The Morgan fingerprint density at radius 3 is 2.15 bits per heavy atom. The van der Waals surface area contributed by atoms with Gasteiger partial charge in [0.15, 0.2) is 5.60 Å². The highest BCUT2D eigenvalue weighted by Crippen LogP contribution is 2.20. The molecule has 0 aliphatic heterocycles. The van der Waals surface area contributed by atoms with Crippen molar-refractivity contribution >= 4 is 5.97 Å². The first-order chi connectivity index (χ1) is 18.7. The van der Waals surface area contributed by atoms with Crippen molar-refractivity contribution in [2.45, 2.75) is 65.3 Å². The van der Waals surface area contributed by atoms with E-state index in [9.17, 15) is 14.7 Å². The molecule has 4 rings (SSSR count). The maximum absolute atomic E-state index is 13.0. The number of benzene rings is 3. The average molecular weight is 530 g/mol. The van der Waals surface area contributed by atoms with Crippen molar-refractivity contribution in [1.29, 1.82) is 0 Å². The van der Waals surface area contributed by atoms with E-state index in [0.29, 0.717) is 31.9 Å². The molecule has 0 fully saturated rings. The van der Waals surface area contributed by atoms with Crippen LogP contribution in [0, 0.1) is 0 Å². The van der Waals surface area contributed by atoms with Gasteiger partial charge in [0.2, 0.25) is 0 Å². The van der Waals surface area contributed by atoms with E-state index in [4.69, 9.17) is 9.47 Å². The number of hydrogen-bond acceptors (Lipinski definition) is 5. The summed E-state index contributed by atoms with van der Waals surface area (Å²) in [6.45, 7) is 6.45. The van der Waals surface area contributed by atoms with Crippen LogP contribution in [-0.2, 0) is 37.3 Å². The van der Waals surface area contributed by atoms with Crippen molar-refractivity contribution in [1.82, 2.24) is 14.3 Å². The summed E-state index contributed by atoms with van der Waals surface area (Å²) in [6.07, 6.45) is 2.30. The van der Waals surface area contributed by atoms with Gasteiger partial charge in [0, 0.05) is 13.0 Å². The normalized spacial score (nSPS) is 11.4. The van der Waals surface area contributed by atoms with Crippen molar-refractivity contribution in [3.8, 4) is 11.5 Å². The van der Waals surface area contributed by atoms with Crippen molar-refractivity contribution in [3.05, 3.63) is 112 Å². The lowest BCUT2D eigenvalue weighted by Crippen LogP contribution is -2.37. The molecule has 39 heavy (non-hydrogen) atoms. The number of carboxylic acids is 1. The molecule has 0 aliphatic carbocycles. The Labute approximate surface area is 228 Å². The minimum atomic E-state index is -1.29. The van der Waals surface area contributed by atoms with Gasteiger partial charge in [-0.05, 0) is 74.6 Å². The van der Waals surface area contributed by atoms with Crippen LogP contribution in [0.3, 0.4) is 0 Å². The van der Waals surface area contributed by atoms with Crippen LogP contribution in [0.25, 0.3) is 0 Å². The molecule has 1 aromatic heterocycles. The summed E-state index contributed by atoms with van der Waals surface area (Å²) in [4.78, 5) is 24.2. The lowest BCUT2D eigenvalue weighted by atomic mass is 10.1. The molecule has 4 aromatic rings. The first-order valence-electron chi connectivity index (χ1n) is 13.2. The van der Waals surface area contributed by atoms with Crippen molar-refractivity contribution in [2.75, 3.05) is 0 Å². The summed E-state index contributed by atoms with van der Waals surface area (Å²) in [5.74, 6) is 1.05. The van der Waals surface area contributed by atoms with Gasteiger partial charge < -0.3 is 14.6 Å². The van der Waals surface area contributed by atoms with Gasteiger partial charge in [-0.2, -0.15) is 5.10 Å². The van der Waals surface area contributed by atoms with E-state index in [1.165, 1.54) is 18.5 Å². The predicted octanol–water partition coefficient (Wildman–Crippen LogP) is 5.11. The third-order valence-electron chi connectivity index (χ3n) is 6.50. The quantitative estimate of drug-likeness (QED) is 0.259. The molecular formula is C31H35N3O5. The fraction of sp³-hybridized carbons (Fsp3) is 0.323. The first-order valence-corrected chi connectivity index (χ1v) is 13.2. The van der Waals surface area contributed by atoms with Crippen molar-refractivity contribution < 1.29 is 19.4 Å². The van der Waals surface area contributed by atoms with E-state index >= 15 is 0 Å². The maximum Gasteiger partial charge on any atom is 0.347 e. The summed E-state index contributed by atoms with van der Waals surface area (Å²) in [5.41, 5.74) is 1.79. The number of rotatable bonds is 13. The van der Waals surface area contributed by atoms with Gasteiger partial charge in [0.25, 0.3) is 0 Å². The van der Waals surface area contributed by atoms with Crippen LogP contribution in [0.2, 0.25) is 0 Å². The molecule has 0 unspecified atom stereocenters. The second kappa shape index (κ2) is 12.5. The lowest BCUT2D eigenvalue weighted by Gasteiger charge is -2.21. The third-order valence-corrected chi connectivity index (χ3v) is 6.50. The summed E-state index contributed by atoms with van der Waals surface area (Å²) >= 11 is 0. The fourth-order valence-corrected chi connectivity index (χ4v) is 4.21. The monoisotopic (exact) mass is 529 g/mol. The minimum Gasteiger partial charge on any atom is -0.489 e. The number of hydrogen-bond donors (Lipinski definition) is 1. The molecule has 204 valence electrons. The second-order valence-electron chi connectivity index (χ2n) is 9.93. The van der Waals surface area contributed by atoms with Crippen LogP contribution in [0.1, 0.15) is 49.7 Å². The topological polar surface area (TPSA) is 95.6 Å². The summed E-state index contributed by atoms with van der Waals surface area (Å²) in [5, 5.41) is 13.9. The molecule has 8 nitrogen and oxygen atoms in total. The van der Waals surface area contributed by atoms with Crippen molar-refractivity contribution in [2.24, 2.45) is 0 Å². The average Bonchev–Trinajstić information content (AvgIpc) is 3.23. The molecule has 1 N–H and O–H groups in total. The zero-order valence-corrected chi connectivity index (χ0v) is 22.7. The van der Waals surface area contributed by atoms with Crippen LogP contribution >= 0.6 is 0 Å². The van der Waals surface area contributed by atoms with Gasteiger partial charge in [0.05, 0.1) is 6.54 Å². The maximum atomic E-state index is 13.0. The number of carbonyl (C=O) groups is 1. The summed E-state index contributed by atoms with van der Waals surface area (Å²) in [6, 6.07) is 25.2. The van der Waals surface area contributed by atoms with Crippen LogP contribution in [-0.4, -0.2) is 31.0 Å². The van der Waals surface area contributed by atoms with E-state index in [0.717, 1.165) is 41.1 Å². The Morgan fingerprint density at radius 2 is 1.51 bits per heavy atom. The number of carboxylic acid groups (broad SMARTS) is 1. The lowest BCUT2D eigenvalue weighted by molar-refractivity contribution is -0.152. The van der Waals surface area contributed by atoms with Crippen LogP contribution in [0.15, 0.2) is 83.7 Å². The van der Waals surface area contributed by atoms with Crippen LogP contribution in [0.4, 0.5) is 0 Å². The number of nitrogens with zero attached hydrogens (tertiary/aromatic N) is 3. The van der Waals surface area contributed by atoms with Crippen LogP contribution < -0.4 is 15.2 Å². The Hall–Kier alpha value is -4.33. The molecule has 0 bridgehead atoms. The zero-order valence-electron chi connectivity index (χ0n) is 22.7. The molecule has 0 aliphatic rings. The summed E-state index contributed by atoms with van der Waals surface area (Å²) in [7, 11) is 0. The highest BCUT2D eigenvalue weighted by molar-refractivity contribution is 5.76. The molecule has 0 amide bonds. The molecule has 0 atom stereocenters.